The van der Waals surface area contributed by atoms with E-state index in [9.17, 15) is 13.5 Å². The predicted octanol–water partition coefficient (Wildman–Crippen LogP) is 3.85. The molecule has 2 aromatic carbocycles. The quantitative estimate of drug-likeness (QED) is 0.707. The van der Waals surface area contributed by atoms with Gasteiger partial charge in [-0.25, -0.2) is 13.4 Å². The van der Waals surface area contributed by atoms with Gasteiger partial charge in [-0.15, -0.1) is 0 Å². The molecule has 0 bridgehead atoms. The van der Waals surface area contributed by atoms with Crippen LogP contribution in [0.1, 0.15) is 0 Å². The number of anilines is 2. The van der Waals surface area contributed by atoms with E-state index < -0.39 is 9.84 Å². The van der Waals surface area contributed by atoms with E-state index in [0.717, 1.165) is 16.5 Å². The average Bonchev–Trinajstić information content (AvgIpc) is 2.49. The van der Waals surface area contributed by atoms with Crippen molar-refractivity contribution in [3.63, 3.8) is 0 Å². The minimum absolute atomic E-state index is 0.159. The number of sulfone groups is 1. The minimum atomic E-state index is -3.21. The number of hydrogen-bond acceptors (Lipinski definition) is 5. The zero-order valence-corrected chi connectivity index (χ0v) is 14.5. The lowest BCUT2D eigenvalue weighted by Crippen LogP contribution is -1.98. The Morgan fingerprint density at radius 2 is 1.83 bits per heavy atom. The molecule has 1 aromatic heterocycles. The number of rotatable bonds is 3. The Morgan fingerprint density at radius 3 is 2.48 bits per heavy atom. The van der Waals surface area contributed by atoms with Crippen molar-refractivity contribution < 1.29 is 13.5 Å². The Labute approximate surface area is 142 Å². The first-order valence-electron chi connectivity index (χ1n) is 6.69. The van der Waals surface area contributed by atoms with Crippen molar-refractivity contribution in [3.8, 4) is 5.75 Å². The maximum atomic E-state index is 11.5. The second kappa shape index (κ2) is 5.82. The zero-order chi connectivity index (χ0) is 16.6. The lowest BCUT2D eigenvalue weighted by molar-refractivity contribution is 0.473. The number of hydrogen-bond donors (Lipinski definition) is 2. The van der Waals surface area contributed by atoms with Crippen molar-refractivity contribution in [3.05, 3.63) is 53.1 Å². The van der Waals surface area contributed by atoms with Gasteiger partial charge in [-0.2, -0.15) is 0 Å². The van der Waals surface area contributed by atoms with E-state index in [2.05, 4.69) is 26.2 Å². The van der Waals surface area contributed by atoms with Crippen LogP contribution in [0.4, 0.5) is 11.5 Å². The Morgan fingerprint density at radius 1 is 1.13 bits per heavy atom. The third-order valence-electron chi connectivity index (χ3n) is 3.38. The summed E-state index contributed by atoms with van der Waals surface area (Å²) < 4.78 is 23.5. The summed E-state index contributed by atoms with van der Waals surface area (Å²) in [5.41, 5.74) is 0.724. The van der Waals surface area contributed by atoms with Gasteiger partial charge in [0.15, 0.2) is 9.84 Å². The molecule has 7 heteroatoms. The average molecular weight is 393 g/mol. The number of fused-ring (bicyclic) bond motifs is 1. The fourth-order valence-electron chi connectivity index (χ4n) is 2.20. The van der Waals surface area contributed by atoms with E-state index in [1.165, 1.54) is 6.26 Å². The molecule has 0 unspecified atom stereocenters. The Balaban J connectivity index is 2.00. The molecule has 0 aliphatic carbocycles. The summed E-state index contributed by atoms with van der Waals surface area (Å²) in [6, 6.07) is 11.7. The number of nitrogens with one attached hydrogen (secondary N) is 1. The number of phenolic OH excluding ortho intramolecular Hbond substituents is 1. The Kier molecular flexibility index (Phi) is 3.99. The first-order chi connectivity index (χ1) is 10.8. The number of aromatic nitrogens is 1. The molecule has 5 nitrogen and oxygen atoms in total. The van der Waals surface area contributed by atoms with Crippen LogP contribution in [0.15, 0.2) is 58.0 Å². The molecule has 23 heavy (non-hydrogen) atoms. The molecule has 0 saturated heterocycles. The van der Waals surface area contributed by atoms with Crippen LogP contribution in [0.2, 0.25) is 0 Å². The van der Waals surface area contributed by atoms with Crippen LogP contribution in [-0.2, 0) is 9.84 Å². The molecule has 0 saturated carbocycles. The third kappa shape index (κ3) is 3.30. The summed E-state index contributed by atoms with van der Waals surface area (Å²) in [4.78, 5) is 4.58. The highest BCUT2D eigenvalue weighted by molar-refractivity contribution is 9.10. The summed E-state index contributed by atoms with van der Waals surface area (Å²) in [7, 11) is -3.21. The lowest BCUT2D eigenvalue weighted by atomic mass is 10.1. The van der Waals surface area contributed by atoms with Crippen LogP contribution in [0, 0.1) is 0 Å². The molecule has 118 valence electrons. The molecule has 0 fully saturated rings. The topological polar surface area (TPSA) is 79.3 Å². The standard InChI is InChI=1S/C16H13BrN2O3S/c1-23(21,22)12-4-2-11(3-5-12)19-16-13-9-14(17)15(20)8-10(13)6-7-18-16/h2-9,20H,1H3,(H,18,19). The summed E-state index contributed by atoms with van der Waals surface area (Å²) in [5, 5.41) is 14.6. The molecule has 0 aliphatic rings. The first-order valence-corrected chi connectivity index (χ1v) is 9.37. The van der Waals surface area contributed by atoms with Crippen LogP contribution >= 0.6 is 15.9 Å². The lowest BCUT2D eigenvalue weighted by Gasteiger charge is -2.10. The van der Waals surface area contributed by atoms with Crippen molar-refractivity contribution in [2.75, 3.05) is 11.6 Å². The number of halogens is 1. The molecule has 2 N–H and O–H groups in total. The SMILES string of the molecule is CS(=O)(=O)c1ccc(Nc2nccc3cc(O)c(Br)cc23)cc1. The molecule has 0 aliphatic heterocycles. The number of benzene rings is 2. The van der Waals surface area contributed by atoms with Crippen LogP contribution < -0.4 is 5.32 Å². The number of nitrogens with zero attached hydrogens (tertiary/aromatic N) is 1. The van der Waals surface area contributed by atoms with Crippen molar-refractivity contribution in [2.45, 2.75) is 4.90 Å². The van der Waals surface area contributed by atoms with Crippen LogP contribution in [-0.4, -0.2) is 24.8 Å². The van der Waals surface area contributed by atoms with Gasteiger partial charge in [-0.05, 0) is 63.8 Å². The van der Waals surface area contributed by atoms with E-state index >= 15 is 0 Å². The maximum absolute atomic E-state index is 11.5. The molecule has 0 radical (unpaired) electrons. The van der Waals surface area contributed by atoms with Gasteiger partial charge in [0.1, 0.15) is 11.6 Å². The van der Waals surface area contributed by atoms with Crippen molar-refractivity contribution >= 4 is 48.0 Å². The smallest absolute Gasteiger partial charge is 0.175 e. The van der Waals surface area contributed by atoms with Crippen LogP contribution in [0.25, 0.3) is 10.8 Å². The molecule has 0 atom stereocenters. The van der Waals surface area contributed by atoms with E-state index in [1.807, 2.05) is 0 Å². The second-order valence-electron chi connectivity index (χ2n) is 5.11. The maximum Gasteiger partial charge on any atom is 0.175 e. The van der Waals surface area contributed by atoms with Gasteiger partial charge in [0.25, 0.3) is 0 Å². The van der Waals surface area contributed by atoms with Crippen molar-refractivity contribution in [1.29, 1.82) is 0 Å². The van der Waals surface area contributed by atoms with Gasteiger partial charge in [0.05, 0.1) is 9.37 Å². The highest BCUT2D eigenvalue weighted by Crippen LogP contribution is 2.33. The van der Waals surface area contributed by atoms with E-state index in [0.29, 0.717) is 10.3 Å². The van der Waals surface area contributed by atoms with Crippen molar-refractivity contribution in [2.24, 2.45) is 0 Å². The molecular weight excluding hydrogens is 380 g/mol. The summed E-state index contributed by atoms with van der Waals surface area (Å²) in [6.45, 7) is 0. The fraction of sp³-hybridized carbons (Fsp3) is 0.0625. The van der Waals surface area contributed by atoms with Gasteiger partial charge in [0, 0.05) is 23.5 Å². The first kappa shape index (κ1) is 15.8. The predicted molar refractivity (Wildman–Crippen MR) is 93.9 cm³/mol. The summed E-state index contributed by atoms with van der Waals surface area (Å²) >= 11 is 3.30. The van der Waals surface area contributed by atoms with Crippen LogP contribution in [0.3, 0.4) is 0 Å². The Bertz CT molecular complexity index is 986. The normalized spacial score (nSPS) is 11.6. The van der Waals surface area contributed by atoms with E-state index in [1.54, 1.807) is 48.7 Å². The number of phenols is 1. The van der Waals surface area contributed by atoms with Crippen LogP contribution in [0.5, 0.6) is 5.75 Å². The second-order valence-corrected chi connectivity index (χ2v) is 7.98. The van der Waals surface area contributed by atoms with Crippen molar-refractivity contribution in [1.82, 2.24) is 4.98 Å². The molecule has 3 rings (SSSR count). The largest absolute Gasteiger partial charge is 0.507 e. The zero-order valence-electron chi connectivity index (χ0n) is 12.1. The van der Waals surface area contributed by atoms with Gasteiger partial charge in [0.2, 0.25) is 0 Å². The van der Waals surface area contributed by atoms with E-state index in [4.69, 9.17) is 0 Å². The summed E-state index contributed by atoms with van der Waals surface area (Å²) in [5.74, 6) is 0.780. The highest BCUT2D eigenvalue weighted by atomic mass is 79.9. The third-order valence-corrected chi connectivity index (χ3v) is 5.14. The highest BCUT2D eigenvalue weighted by Gasteiger charge is 2.09. The minimum Gasteiger partial charge on any atom is -0.507 e. The van der Waals surface area contributed by atoms with Gasteiger partial charge < -0.3 is 10.4 Å². The van der Waals surface area contributed by atoms with E-state index in [-0.39, 0.29) is 10.6 Å². The summed E-state index contributed by atoms with van der Waals surface area (Å²) in [6.07, 6.45) is 2.81. The molecule has 0 spiro atoms. The number of aromatic hydroxyl groups is 1. The van der Waals surface area contributed by atoms with Gasteiger partial charge >= 0.3 is 0 Å². The fourth-order valence-corrected chi connectivity index (χ4v) is 3.18. The molecular formula is C16H13BrN2O3S. The van der Waals surface area contributed by atoms with Gasteiger partial charge in [-0.1, -0.05) is 0 Å². The molecule has 0 amide bonds. The Hall–Kier alpha value is -2.12. The monoisotopic (exact) mass is 392 g/mol. The number of pyridine rings is 1. The van der Waals surface area contributed by atoms with Gasteiger partial charge in [-0.3, -0.25) is 0 Å². The molecule has 3 aromatic rings. The molecule has 1 heterocycles.